The van der Waals surface area contributed by atoms with Gasteiger partial charge in [-0.05, 0) is 13.3 Å². The quantitative estimate of drug-likeness (QED) is 0.0338. The monoisotopic (exact) mass is 867 g/mol. The van der Waals surface area contributed by atoms with E-state index in [-0.39, 0.29) is 6.61 Å². The fourth-order valence-electron chi connectivity index (χ4n) is 5.59. The van der Waals surface area contributed by atoms with Gasteiger partial charge in [0.25, 0.3) is 0 Å². The summed E-state index contributed by atoms with van der Waals surface area (Å²) in [4.78, 5) is 11.2. The second kappa shape index (κ2) is 53.9. The average molecular weight is 867 g/mol. The van der Waals surface area contributed by atoms with Crippen LogP contribution in [0.3, 0.4) is 0 Å². The fourth-order valence-corrected chi connectivity index (χ4v) is 5.59. The van der Waals surface area contributed by atoms with Crippen LogP contribution < -0.4 is 0 Å². The third-order valence-electron chi connectivity index (χ3n) is 9.04. The highest BCUT2D eigenvalue weighted by atomic mass is 16.6. The minimum Gasteiger partial charge on any atom is -0.460 e. The number of unbranched alkanes of at least 4 members (excludes halogenated alkanes) is 15. The zero-order valence-corrected chi connectivity index (χ0v) is 38.4. The molecule has 0 aromatic heterocycles. The van der Waals surface area contributed by atoms with Gasteiger partial charge < -0.3 is 61.6 Å². The van der Waals surface area contributed by atoms with E-state index in [0.717, 1.165) is 13.0 Å². The van der Waals surface area contributed by atoms with E-state index in [1.165, 1.54) is 96.3 Å². The van der Waals surface area contributed by atoms with Crippen LogP contribution >= 0.6 is 0 Å². The minimum absolute atomic E-state index is 0.199. The van der Waals surface area contributed by atoms with Crippen molar-refractivity contribution in [2.75, 3.05) is 165 Å². The lowest BCUT2D eigenvalue weighted by atomic mass is 10.0. The Morgan fingerprint density at radius 1 is 0.283 bits per heavy atom. The molecule has 0 aliphatic carbocycles. The molecule has 0 aliphatic rings. The van der Waals surface area contributed by atoms with Gasteiger partial charge in [0.05, 0.1) is 152 Å². The Labute approximate surface area is 365 Å². The molecular weight excluding hydrogens is 776 g/mol. The van der Waals surface area contributed by atoms with E-state index in [0.29, 0.717) is 158 Å². The van der Waals surface area contributed by atoms with Crippen molar-refractivity contribution in [2.45, 2.75) is 117 Å². The maximum absolute atomic E-state index is 11.2. The number of hydrogen-bond acceptors (Lipinski definition) is 14. The van der Waals surface area contributed by atoms with Crippen LogP contribution in [-0.4, -0.2) is 171 Å². The minimum atomic E-state index is -0.411. The summed E-state index contributed by atoms with van der Waals surface area (Å²) in [7, 11) is 0. The van der Waals surface area contributed by atoms with E-state index in [2.05, 4.69) is 13.5 Å². The van der Waals surface area contributed by atoms with Gasteiger partial charge >= 0.3 is 5.97 Å². The Morgan fingerprint density at radius 2 is 0.467 bits per heavy atom. The van der Waals surface area contributed by atoms with E-state index in [1.807, 2.05) is 0 Å². The molecule has 0 spiro atoms. The molecule has 14 heteroatoms. The molecule has 0 rings (SSSR count). The normalized spacial score (nSPS) is 11.5. The molecule has 0 saturated carbocycles. The van der Waals surface area contributed by atoms with Gasteiger partial charge in [0.2, 0.25) is 0 Å². The second-order valence-electron chi connectivity index (χ2n) is 14.6. The molecule has 0 bridgehead atoms. The summed E-state index contributed by atoms with van der Waals surface area (Å²) in [6, 6.07) is 0. The summed E-state index contributed by atoms with van der Waals surface area (Å²) in [5.41, 5.74) is 0.371. The van der Waals surface area contributed by atoms with Crippen LogP contribution in [0.1, 0.15) is 117 Å². The maximum Gasteiger partial charge on any atom is 0.333 e. The highest BCUT2D eigenvalue weighted by Crippen LogP contribution is 2.13. The summed E-state index contributed by atoms with van der Waals surface area (Å²) in [5, 5.41) is 0. The third kappa shape index (κ3) is 52.9. The average Bonchev–Trinajstić information content (AvgIpc) is 3.25. The molecule has 0 atom stereocenters. The van der Waals surface area contributed by atoms with E-state index in [9.17, 15) is 4.79 Å². The Morgan fingerprint density at radius 3 is 0.683 bits per heavy atom. The van der Waals surface area contributed by atoms with Crippen molar-refractivity contribution in [1.82, 2.24) is 0 Å². The van der Waals surface area contributed by atoms with Crippen molar-refractivity contribution in [1.29, 1.82) is 0 Å². The Hall–Kier alpha value is -1.27. The van der Waals surface area contributed by atoms with Gasteiger partial charge in [-0.2, -0.15) is 0 Å². The predicted octanol–water partition coefficient (Wildman–Crippen LogP) is 7.57. The zero-order chi connectivity index (χ0) is 43.3. The van der Waals surface area contributed by atoms with E-state index in [1.54, 1.807) is 6.92 Å². The molecule has 358 valence electrons. The topological polar surface area (TPSA) is 137 Å². The summed E-state index contributed by atoms with van der Waals surface area (Å²) in [6.07, 6.45) is 22.1. The maximum atomic E-state index is 11.2. The predicted molar refractivity (Wildman–Crippen MR) is 235 cm³/mol. The number of esters is 1. The molecule has 0 aromatic carbocycles. The van der Waals surface area contributed by atoms with Crippen LogP contribution in [0, 0.1) is 0 Å². The van der Waals surface area contributed by atoms with Crippen molar-refractivity contribution in [2.24, 2.45) is 0 Å². The first-order valence-corrected chi connectivity index (χ1v) is 23.4. The van der Waals surface area contributed by atoms with Crippen LogP contribution in [0.2, 0.25) is 0 Å². The lowest BCUT2D eigenvalue weighted by molar-refractivity contribution is -0.140. The third-order valence-corrected chi connectivity index (χ3v) is 9.04. The van der Waals surface area contributed by atoms with Crippen LogP contribution in [0.4, 0.5) is 0 Å². The van der Waals surface area contributed by atoms with E-state index < -0.39 is 5.97 Å². The number of hydrogen-bond donors (Lipinski definition) is 0. The van der Waals surface area contributed by atoms with Gasteiger partial charge in [-0.1, -0.05) is 110 Å². The molecule has 0 N–H and O–H groups in total. The fraction of sp³-hybridized carbons (Fsp3) is 0.935. The summed E-state index contributed by atoms with van der Waals surface area (Å²) in [6.45, 7) is 20.0. The molecular formula is C46H90O14. The molecule has 0 aliphatic heterocycles. The number of rotatable bonds is 54. The first-order chi connectivity index (χ1) is 29.7. The molecule has 0 unspecified atom stereocenters. The van der Waals surface area contributed by atoms with Crippen molar-refractivity contribution in [3.05, 3.63) is 12.2 Å². The summed E-state index contributed by atoms with van der Waals surface area (Å²) >= 11 is 0. The molecule has 0 saturated heterocycles. The number of ether oxygens (including phenoxy) is 13. The van der Waals surface area contributed by atoms with E-state index >= 15 is 0 Å². The molecule has 60 heavy (non-hydrogen) atoms. The first-order valence-electron chi connectivity index (χ1n) is 23.4. The van der Waals surface area contributed by atoms with Crippen LogP contribution in [-0.2, 0) is 66.4 Å². The van der Waals surface area contributed by atoms with Gasteiger partial charge in [0.15, 0.2) is 0 Å². The second-order valence-corrected chi connectivity index (χ2v) is 14.6. The lowest BCUT2D eigenvalue weighted by Gasteiger charge is -2.09. The molecule has 14 nitrogen and oxygen atoms in total. The molecule has 0 amide bonds. The first kappa shape index (κ1) is 58.7. The zero-order valence-electron chi connectivity index (χ0n) is 38.4. The lowest BCUT2D eigenvalue weighted by Crippen LogP contribution is -2.16. The Balaban J connectivity index is 3.08. The van der Waals surface area contributed by atoms with Crippen molar-refractivity contribution >= 4 is 5.97 Å². The van der Waals surface area contributed by atoms with Gasteiger partial charge in [-0.25, -0.2) is 4.79 Å². The van der Waals surface area contributed by atoms with Crippen molar-refractivity contribution < 1.29 is 66.4 Å². The highest BCUT2D eigenvalue weighted by Gasteiger charge is 2.02. The smallest absolute Gasteiger partial charge is 0.333 e. The molecule has 0 heterocycles. The van der Waals surface area contributed by atoms with Gasteiger partial charge in [-0.15, -0.1) is 0 Å². The molecule has 0 fully saturated rings. The highest BCUT2D eigenvalue weighted by molar-refractivity contribution is 5.86. The summed E-state index contributed by atoms with van der Waals surface area (Å²) in [5.74, 6) is -0.411. The number of carbonyl (C=O) groups is 1. The number of carbonyl (C=O) groups excluding carboxylic acids is 1. The van der Waals surface area contributed by atoms with Crippen molar-refractivity contribution in [3.8, 4) is 0 Å². The largest absolute Gasteiger partial charge is 0.460 e. The summed E-state index contributed by atoms with van der Waals surface area (Å²) < 4.78 is 71.0. The van der Waals surface area contributed by atoms with Crippen molar-refractivity contribution in [3.63, 3.8) is 0 Å². The Kier molecular flexibility index (Phi) is 52.7. The standard InChI is InChI=1S/C46H90O14/c1-4-5-6-7-8-9-10-11-12-13-14-15-16-17-18-19-20-48-21-22-49-23-24-50-25-26-51-27-28-52-29-30-53-31-32-54-33-34-55-35-36-56-37-38-57-39-40-58-41-42-59-43-44-60-46(47)45(2)3/h2,4-44H2,1,3H3. The van der Waals surface area contributed by atoms with E-state index in [4.69, 9.17) is 61.6 Å². The molecule has 0 aromatic rings. The van der Waals surface area contributed by atoms with Gasteiger partial charge in [0, 0.05) is 12.2 Å². The van der Waals surface area contributed by atoms with Gasteiger partial charge in [0.1, 0.15) is 6.61 Å². The van der Waals surface area contributed by atoms with Crippen LogP contribution in [0.25, 0.3) is 0 Å². The van der Waals surface area contributed by atoms with Crippen LogP contribution in [0.15, 0.2) is 12.2 Å². The SMILES string of the molecule is C=C(C)C(=O)OCCOCCOCCOCCOCCOCCOCCOCCOCCOCCOCCOCCOCCCCCCCCCCCCCCCCCC. The molecule has 0 radical (unpaired) electrons. The van der Waals surface area contributed by atoms with Gasteiger partial charge in [-0.3, -0.25) is 0 Å². The Bertz CT molecular complexity index is 837. The van der Waals surface area contributed by atoms with Crippen LogP contribution in [0.5, 0.6) is 0 Å².